The number of anilines is 2. The molecule has 0 aromatic carbocycles. The predicted octanol–water partition coefficient (Wildman–Crippen LogP) is 0.751. The van der Waals surface area contributed by atoms with Crippen molar-refractivity contribution in [3.05, 3.63) is 5.69 Å². The second-order valence-electron chi connectivity index (χ2n) is 4.93. The van der Waals surface area contributed by atoms with Crippen molar-refractivity contribution in [2.45, 2.75) is 5.16 Å². The Morgan fingerprint density at radius 3 is 2.78 bits per heavy atom. The topological polar surface area (TPSA) is 110 Å². The molecule has 0 amide bonds. The van der Waals surface area contributed by atoms with Gasteiger partial charge in [-0.05, 0) is 6.26 Å². The Morgan fingerprint density at radius 2 is 2.17 bits per heavy atom. The van der Waals surface area contributed by atoms with Crippen LogP contribution in [0.25, 0.3) is 11.0 Å². The van der Waals surface area contributed by atoms with E-state index in [2.05, 4.69) is 15.3 Å². The fourth-order valence-corrected chi connectivity index (χ4v) is 3.00. The summed E-state index contributed by atoms with van der Waals surface area (Å²) in [7, 11) is 3.03. The van der Waals surface area contributed by atoms with Gasteiger partial charge in [0.05, 0.1) is 24.9 Å². The molecule has 1 aliphatic heterocycles. The van der Waals surface area contributed by atoms with Crippen LogP contribution in [-0.2, 0) is 16.6 Å². The molecule has 2 N–H and O–H groups in total. The molecule has 0 unspecified atom stereocenters. The standard InChI is InChI=1S/C13H15N5O4S/c1-17-9(12(21)22-2)8-7-10(17)15-13(23-3)16-11(7)18(5-14-8)4-6(19)20/h14H,4-5H2,1-3H3,(H,19,20). The van der Waals surface area contributed by atoms with Gasteiger partial charge in [0.15, 0.2) is 10.9 Å². The summed E-state index contributed by atoms with van der Waals surface area (Å²) in [5.74, 6) is -0.950. The molecule has 0 aliphatic carbocycles. The van der Waals surface area contributed by atoms with Gasteiger partial charge in [0.1, 0.15) is 18.0 Å². The lowest BCUT2D eigenvalue weighted by Gasteiger charge is -2.27. The maximum absolute atomic E-state index is 12.1. The van der Waals surface area contributed by atoms with Crippen LogP contribution >= 0.6 is 11.8 Å². The summed E-state index contributed by atoms with van der Waals surface area (Å²) in [6.45, 7) is 0.0298. The molecular weight excluding hydrogens is 322 g/mol. The highest BCUT2D eigenvalue weighted by molar-refractivity contribution is 7.98. The Bertz CT molecular complexity index is 819. The zero-order valence-corrected chi connectivity index (χ0v) is 13.6. The minimum absolute atomic E-state index is 0.200. The van der Waals surface area contributed by atoms with Crippen molar-refractivity contribution in [3.63, 3.8) is 0 Å². The number of aliphatic carboxylic acids is 1. The normalized spacial score (nSPS) is 13.1. The monoisotopic (exact) mass is 337 g/mol. The van der Waals surface area contributed by atoms with Crippen LogP contribution in [0.15, 0.2) is 5.16 Å². The molecule has 10 heteroatoms. The van der Waals surface area contributed by atoms with Crippen molar-refractivity contribution in [3.8, 4) is 0 Å². The van der Waals surface area contributed by atoms with E-state index in [1.54, 1.807) is 16.5 Å². The zero-order chi connectivity index (χ0) is 16.7. The smallest absolute Gasteiger partial charge is 0.356 e. The molecule has 23 heavy (non-hydrogen) atoms. The highest BCUT2D eigenvalue weighted by atomic mass is 32.2. The Kier molecular flexibility index (Phi) is 3.76. The van der Waals surface area contributed by atoms with Gasteiger partial charge in [-0.25, -0.2) is 14.8 Å². The van der Waals surface area contributed by atoms with Gasteiger partial charge in [-0.1, -0.05) is 11.8 Å². The summed E-state index contributed by atoms with van der Waals surface area (Å²) >= 11 is 1.35. The van der Waals surface area contributed by atoms with Crippen LogP contribution in [-0.4, -0.2) is 58.2 Å². The van der Waals surface area contributed by atoms with Gasteiger partial charge in [-0.15, -0.1) is 0 Å². The lowest BCUT2D eigenvalue weighted by atomic mass is 10.2. The van der Waals surface area contributed by atoms with Crippen molar-refractivity contribution in [2.24, 2.45) is 7.05 Å². The van der Waals surface area contributed by atoms with E-state index in [0.717, 1.165) is 0 Å². The molecule has 0 bridgehead atoms. The van der Waals surface area contributed by atoms with E-state index in [9.17, 15) is 9.59 Å². The Hall–Kier alpha value is -2.49. The third-order valence-corrected chi connectivity index (χ3v) is 4.17. The van der Waals surface area contributed by atoms with Gasteiger partial charge in [0, 0.05) is 7.05 Å². The zero-order valence-electron chi connectivity index (χ0n) is 12.8. The molecule has 0 fully saturated rings. The number of hydrogen-bond donors (Lipinski definition) is 2. The molecular formula is C13H15N5O4S. The second kappa shape index (κ2) is 5.61. The molecule has 122 valence electrons. The van der Waals surface area contributed by atoms with E-state index >= 15 is 0 Å². The summed E-state index contributed by atoms with van der Waals surface area (Å²) in [4.78, 5) is 33.6. The lowest BCUT2D eigenvalue weighted by molar-refractivity contribution is -0.135. The van der Waals surface area contributed by atoms with Gasteiger partial charge >= 0.3 is 11.9 Å². The van der Waals surface area contributed by atoms with Crippen LogP contribution in [0.5, 0.6) is 0 Å². The molecule has 2 aromatic heterocycles. The van der Waals surface area contributed by atoms with E-state index in [-0.39, 0.29) is 13.2 Å². The van der Waals surface area contributed by atoms with Crippen molar-refractivity contribution in [1.29, 1.82) is 0 Å². The highest BCUT2D eigenvalue weighted by Crippen LogP contribution is 2.39. The molecule has 1 aliphatic rings. The number of esters is 1. The summed E-state index contributed by atoms with van der Waals surface area (Å²) < 4.78 is 6.48. The SMILES string of the molecule is COC(=O)c1c2c3c(nc(SC)nc3n1C)N(CC(=O)O)CN2. The van der Waals surface area contributed by atoms with Gasteiger partial charge in [0.2, 0.25) is 0 Å². The molecule has 9 nitrogen and oxygen atoms in total. The summed E-state index contributed by atoms with van der Waals surface area (Å²) in [6, 6.07) is 0. The maximum Gasteiger partial charge on any atom is 0.356 e. The molecule has 0 radical (unpaired) electrons. The summed E-state index contributed by atoms with van der Waals surface area (Å²) in [5, 5.41) is 13.3. The Morgan fingerprint density at radius 1 is 1.43 bits per heavy atom. The number of carbonyl (C=O) groups is 2. The first kappa shape index (κ1) is 15.4. The molecule has 0 spiro atoms. The largest absolute Gasteiger partial charge is 0.480 e. The average molecular weight is 337 g/mol. The number of aromatic nitrogens is 3. The van der Waals surface area contributed by atoms with Gasteiger partial charge in [-0.3, -0.25) is 4.79 Å². The van der Waals surface area contributed by atoms with Gasteiger partial charge in [0.25, 0.3) is 0 Å². The van der Waals surface area contributed by atoms with E-state index in [4.69, 9.17) is 9.84 Å². The molecule has 0 saturated heterocycles. The predicted molar refractivity (Wildman–Crippen MR) is 85.1 cm³/mol. The number of aryl methyl sites for hydroxylation is 1. The Balaban J connectivity index is 2.31. The van der Waals surface area contributed by atoms with Crippen LogP contribution in [0.2, 0.25) is 0 Å². The van der Waals surface area contributed by atoms with E-state index in [1.807, 2.05) is 6.26 Å². The van der Waals surface area contributed by atoms with Crippen LogP contribution in [0.4, 0.5) is 11.5 Å². The van der Waals surface area contributed by atoms with Crippen LogP contribution in [0, 0.1) is 0 Å². The van der Waals surface area contributed by atoms with Crippen LogP contribution in [0.3, 0.4) is 0 Å². The summed E-state index contributed by atoms with van der Waals surface area (Å²) in [5.41, 5.74) is 1.46. The van der Waals surface area contributed by atoms with Crippen LogP contribution < -0.4 is 10.2 Å². The summed E-state index contributed by atoms with van der Waals surface area (Å²) in [6.07, 6.45) is 1.83. The van der Waals surface area contributed by atoms with Crippen molar-refractivity contribution in [2.75, 3.05) is 36.8 Å². The Labute approximate surface area is 135 Å². The number of nitrogens with zero attached hydrogens (tertiary/aromatic N) is 4. The first-order chi connectivity index (χ1) is 11.0. The van der Waals surface area contributed by atoms with Gasteiger partial charge < -0.3 is 24.6 Å². The number of ether oxygens (including phenoxy) is 1. The first-order valence-electron chi connectivity index (χ1n) is 6.71. The molecule has 3 rings (SSSR count). The number of hydrogen-bond acceptors (Lipinski definition) is 8. The van der Waals surface area contributed by atoms with E-state index in [0.29, 0.717) is 33.4 Å². The van der Waals surface area contributed by atoms with Crippen molar-refractivity contribution < 1.29 is 19.4 Å². The third-order valence-electron chi connectivity index (χ3n) is 3.62. The minimum atomic E-state index is -0.961. The van der Waals surface area contributed by atoms with Gasteiger partial charge in [-0.2, -0.15) is 0 Å². The lowest BCUT2D eigenvalue weighted by Crippen LogP contribution is -2.37. The second-order valence-corrected chi connectivity index (χ2v) is 5.71. The molecule has 0 atom stereocenters. The third kappa shape index (κ3) is 2.34. The fraction of sp³-hybridized carbons (Fsp3) is 0.385. The van der Waals surface area contributed by atoms with E-state index in [1.165, 1.54) is 18.9 Å². The molecule has 2 aromatic rings. The molecule has 3 heterocycles. The first-order valence-corrected chi connectivity index (χ1v) is 7.93. The minimum Gasteiger partial charge on any atom is -0.480 e. The van der Waals surface area contributed by atoms with Crippen LogP contribution in [0.1, 0.15) is 10.5 Å². The van der Waals surface area contributed by atoms with Crippen molar-refractivity contribution in [1.82, 2.24) is 14.5 Å². The number of carboxylic acids is 1. The number of carbonyl (C=O) groups excluding carboxylic acids is 1. The number of rotatable bonds is 4. The number of carboxylic acid groups (broad SMARTS) is 1. The number of thioether (sulfide) groups is 1. The van der Waals surface area contributed by atoms with Crippen molar-refractivity contribution >= 4 is 46.2 Å². The number of nitrogens with one attached hydrogen (secondary N) is 1. The quantitative estimate of drug-likeness (QED) is 0.474. The average Bonchev–Trinajstić information content (AvgIpc) is 2.82. The fourth-order valence-electron chi connectivity index (χ4n) is 2.65. The highest BCUT2D eigenvalue weighted by Gasteiger charge is 2.31. The molecule has 0 saturated carbocycles. The maximum atomic E-state index is 12.1. The number of methoxy groups -OCH3 is 1. The van der Waals surface area contributed by atoms with E-state index < -0.39 is 11.9 Å².